The van der Waals surface area contributed by atoms with Crippen LogP contribution in [0, 0.1) is 0 Å². The molecule has 1 amide bonds. The number of nitrogens with zero attached hydrogens (tertiary/aromatic N) is 1. The number of nitrogens with one attached hydrogen (secondary N) is 1. The van der Waals surface area contributed by atoms with Crippen LogP contribution >= 0.6 is 7.82 Å². The lowest BCUT2D eigenvalue weighted by atomic mass is 10.0. The highest BCUT2D eigenvalue weighted by Crippen LogP contribution is 2.43. The molecule has 464 valence electrons. The second kappa shape index (κ2) is 59.1. The zero-order valence-electron chi connectivity index (χ0n) is 53.1. The van der Waals surface area contributed by atoms with Gasteiger partial charge in [-0.05, 0) is 89.5 Å². The zero-order valence-corrected chi connectivity index (χ0v) is 54.0. The summed E-state index contributed by atoms with van der Waals surface area (Å²) in [6, 6.07) is -0.848. The van der Waals surface area contributed by atoms with Gasteiger partial charge < -0.3 is 19.4 Å². The van der Waals surface area contributed by atoms with E-state index in [2.05, 4.69) is 62.5 Å². The molecule has 0 saturated heterocycles. The average Bonchev–Trinajstić information content (AvgIpc) is 3.41. The quantitative estimate of drug-likeness (QED) is 0.0205. The number of hydrogen-bond acceptors (Lipinski definition) is 6. The summed E-state index contributed by atoms with van der Waals surface area (Å²) < 4.78 is 30.8. The van der Waals surface area contributed by atoms with Gasteiger partial charge in [-0.1, -0.05) is 275 Å². The molecule has 0 rings (SSSR count). The molecular formula is C69H132N2O7P+. The van der Waals surface area contributed by atoms with Crippen LogP contribution in [0.25, 0.3) is 0 Å². The number of likely N-dealkylation sites (N-methyl/N-ethyl adjacent to an activating group) is 1. The molecule has 0 aliphatic heterocycles. The van der Waals surface area contributed by atoms with E-state index in [9.17, 15) is 19.0 Å². The molecule has 0 spiro atoms. The van der Waals surface area contributed by atoms with Crippen LogP contribution in [-0.4, -0.2) is 74.3 Å². The summed E-state index contributed by atoms with van der Waals surface area (Å²) in [6.07, 6.45) is 74.0. The van der Waals surface area contributed by atoms with Crippen molar-refractivity contribution < 1.29 is 37.3 Å². The fourth-order valence-corrected chi connectivity index (χ4v) is 10.7. The Bertz CT molecular complexity index is 1490. The van der Waals surface area contributed by atoms with E-state index in [4.69, 9.17) is 13.8 Å². The van der Waals surface area contributed by atoms with E-state index in [1.807, 2.05) is 33.3 Å². The standard InChI is InChI=1S/C69H131N2O7P/c1-7-10-13-16-19-22-25-27-29-31-33-34-35-36-38-40-42-44-47-50-53-56-59-62-69(73)78-67(60-57-54-51-48-45-24-21-18-15-12-9-3)66(65-77-79(74,75)76-64-63-71(4,5)6)70-68(72)61-58-55-52-49-46-43-41-39-37-32-30-28-26-23-20-17-14-11-8-2/h19,22,27-30,57,60,66-67H,7-18,20-21,23-26,31-56,58-59,61-65H2,1-6H3,(H-,70,72,74,75)/p+1/b22-19-,29-27-,30-28+,60-57+. The Balaban J connectivity index is 5.07. The van der Waals surface area contributed by atoms with Crippen LogP contribution in [0.5, 0.6) is 0 Å². The van der Waals surface area contributed by atoms with Crippen LogP contribution in [0.3, 0.4) is 0 Å². The molecule has 0 radical (unpaired) electrons. The van der Waals surface area contributed by atoms with Crippen molar-refractivity contribution >= 4 is 19.7 Å². The molecule has 0 aromatic heterocycles. The number of carbonyl (C=O) groups is 2. The van der Waals surface area contributed by atoms with Gasteiger partial charge in [-0.15, -0.1) is 0 Å². The number of ether oxygens (including phenoxy) is 1. The highest BCUT2D eigenvalue weighted by atomic mass is 31.2. The largest absolute Gasteiger partial charge is 0.472 e. The molecule has 2 N–H and O–H groups in total. The first-order chi connectivity index (χ1) is 38.4. The maximum Gasteiger partial charge on any atom is 0.472 e. The second-order valence-corrected chi connectivity index (χ2v) is 25.8. The number of hydrogen-bond donors (Lipinski definition) is 2. The molecule has 0 bridgehead atoms. The molecule has 10 heteroatoms. The number of carbonyl (C=O) groups excluding carboxylic acids is 2. The van der Waals surface area contributed by atoms with Crippen LogP contribution < -0.4 is 5.32 Å². The summed E-state index contributed by atoms with van der Waals surface area (Å²) in [6.45, 7) is 7.02. The first kappa shape index (κ1) is 77.0. The molecule has 3 unspecified atom stereocenters. The van der Waals surface area contributed by atoms with E-state index < -0.39 is 20.0 Å². The van der Waals surface area contributed by atoms with Gasteiger partial charge in [0, 0.05) is 12.8 Å². The van der Waals surface area contributed by atoms with Crippen LogP contribution in [0.2, 0.25) is 0 Å². The maximum absolute atomic E-state index is 13.6. The molecular weight excluding hydrogens is 1000 g/mol. The third kappa shape index (κ3) is 60.4. The van der Waals surface area contributed by atoms with Gasteiger partial charge in [0.25, 0.3) is 0 Å². The van der Waals surface area contributed by atoms with E-state index in [1.54, 1.807) is 0 Å². The predicted molar refractivity (Wildman–Crippen MR) is 342 cm³/mol. The molecule has 0 aliphatic rings. The molecule has 0 saturated carbocycles. The summed E-state index contributed by atoms with van der Waals surface area (Å²) in [7, 11) is 1.50. The van der Waals surface area contributed by atoms with E-state index >= 15 is 0 Å². The SMILES string of the molecule is CCCCC/C=C\C/C=C\CCCCCCCCCCCCCCCC(=O)OC(/C=C/CCCCCCCCCCC)C(COP(=O)(O)OCC[N+](C)(C)C)NC(=O)CCCCCCCCCCC/C=C/CCCCCCCC. The Hall–Kier alpha value is -2.03. The van der Waals surface area contributed by atoms with Gasteiger partial charge in [0.15, 0.2) is 0 Å². The lowest BCUT2D eigenvalue weighted by Gasteiger charge is -2.27. The van der Waals surface area contributed by atoms with Crippen LogP contribution in [-0.2, 0) is 27.9 Å². The summed E-state index contributed by atoms with van der Waals surface area (Å²) in [4.78, 5) is 37.8. The summed E-state index contributed by atoms with van der Waals surface area (Å²) in [5.41, 5.74) is 0. The molecule has 0 aromatic carbocycles. The normalized spacial score (nSPS) is 13.9. The van der Waals surface area contributed by atoms with E-state index in [0.717, 1.165) is 64.2 Å². The van der Waals surface area contributed by atoms with Crippen molar-refractivity contribution in [1.82, 2.24) is 5.32 Å². The van der Waals surface area contributed by atoms with Gasteiger partial charge in [0.05, 0.1) is 33.8 Å². The third-order valence-electron chi connectivity index (χ3n) is 15.2. The second-order valence-electron chi connectivity index (χ2n) is 24.3. The van der Waals surface area contributed by atoms with Crippen molar-refractivity contribution in [2.75, 3.05) is 40.9 Å². The molecule has 0 heterocycles. The number of phosphoric acid groups is 1. The van der Waals surface area contributed by atoms with E-state index in [1.165, 1.54) is 231 Å². The van der Waals surface area contributed by atoms with Gasteiger partial charge in [-0.3, -0.25) is 18.6 Å². The van der Waals surface area contributed by atoms with Gasteiger partial charge >= 0.3 is 13.8 Å². The van der Waals surface area contributed by atoms with Crippen LogP contribution in [0.1, 0.15) is 329 Å². The number of quaternary nitrogens is 1. The Morgan fingerprint density at radius 2 is 0.772 bits per heavy atom. The predicted octanol–water partition coefficient (Wildman–Crippen LogP) is 21.2. The maximum atomic E-state index is 13.6. The van der Waals surface area contributed by atoms with Gasteiger partial charge in [0.2, 0.25) is 5.91 Å². The fourth-order valence-electron chi connectivity index (χ4n) is 9.97. The summed E-state index contributed by atoms with van der Waals surface area (Å²) in [5.74, 6) is -0.496. The highest BCUT2D eigenvalue weighted by molar-refractivity contribution is 7.47. The monoisotopic (exact) mass is 1130 g/mol. The van der Waals surface area contributed by atoms with Crippen molar-refractivity contribution in [2.24, 2.45) is 0 Å². The number of allylic oxidation sites excluding steroid dienone is 7. The number of rotatable bonds is 62. The first-order valence-electron chi connectivity index (χ1n) is 34.0. The number of phosphoric ester groups is 1. The summed E-state index contributed by atoms with van der Waals surface area (Å²) >= 11 is 0. The van der Waals surface area contributed by atoms with Crippen LogP contribution in [0.15, 0.2) is 48.6 Å². The molecule has 3 atom stereocenters. The third-order valence-corrected chi connectivity index (χ3v) is 16.2. The smallest absolute Gasteiger partial charge is 0.456 e. The lowest BCUT2D eigenvalue weighted by Crippen LogP contribution is -2.47. The van der Waals surface area contributed by atoms with Gasteiger partial charge in [-0.2, -0.15) is 0 Å². The van der Waals surface area contributed by atoms with Crippen molar-refractivity contribution in [3.05, 3.63) is 48.6 Å². The number of esters is 1. The van der Waals surface area contributed by atoms with E-state index in [-0.39, 0.29) is 25.1 Å². The van der Waals surface area contributed by atoms with Crippen LogP contribution in [0.4, 0.5) is 0 Å². The van der Waals surface area contributed by atoms with Crippen molar-refractivity contribution in [1.29, 1.82) is 0 Å². The minimum atomic E-state index is -4.45. The number of amides is 1. The Kier molecular flexibility index (Phi) is 57.6. The Morgan fingerprint density at radius 3 is 1.18 bits per heavy atom. The fraction of sp³-hybridized carbons (Fsp3) is 0.855. The first-order valence-corrected chi connectivity index (χ1v) is 35.5. The topological polar surface area (TPSA) is 111 Å². The Labute approximate surface area is 490 Å². The average molecular weight is 1130 g/mol. The van der Waals surface area contributed by atoms with Crippen molar-refractivity contribution in [2.45, 2.75) is 341 Å². The molecule has 0 aromatic rings. The molecule has 79 heavy (non-hydrogen) atoms. The summed E-state index contributed by atoms with van der Waals surface area (Å²) in [5, 5.41) is 3.07. The Morgan fingerprint density at radius 1 is 0.443 bits per heavy atom. The minimum absolute atomic E-state index is 0.0408. The highest BCUT2D eigenvalue weighted by Gasteiger charge is 2.30. The van der Waals surface area contributed by atoms with Gasteiger partial charge in [0.1, 0.15) is 19.3 Å². The van der Waals surface area contributed by atoms with Crippen molar-refractivity contribution in [3.63, 3.8) is 0 Å². The van der Waals surface area contributed by atoms with Gasteiger partial charge in [-0.25, -0.2) is 4.57 Å². The minimum Gasteiger partial charge on any atom is -0.456 e. The van der Waals surface area contributed by atoms with E-state index in [0.29, 0.717) is 23.9 Å². The number of unbranched alkanes of at least 4 members (excludes halogenated alkanes) is 40. The molecule has 0 aliphatic carbocycles. The lowest BCUT2D eigenvalue weighted by molar-refractivity contribution is -0.870. The molecule has 0 fully saturated rings. The zero-order chi connectivity index (χ0) is 57.9. The van der Waals surface area contributed by atoms with Crippen molar-refractivity contribution in [3.8, 4) is 0 Å². The molecule has 9 nitrogen and oxygen atoms in total.